The summed E-state index contributed by atoms with van der Waals surface area (Å²) in [6.45, 7) is 0. The number of benzene rings is 7. The first-order chi connectivity index (χ1) is 21.3. The van der Waals surface area contributed by atoms with Crippen LogP contribution in [0.15, 0.2) is 156 Å². The van der Waals surface area contributed by atoms with E-state index in [1.54, 1.807) is 0 Å². The Bertz CT molecular complexity index is 2420. The van der Waals surface area contributed by atoms with E-state index in [0.717, 1.165) is 39.0 Å². The Kier molecular flexibility index (Phi) is 5.40. The molecule has 0 spiro atoms. The first-order valence-corrected chi connectivity index (χ1v) is 15.3. The summed E-state index contributed by atoms with van der Waals surface area (Å²) in [4.78, 5) is 2.36. The molecule has 202 valence electrons. The highest BCUT2D eigenvalue weighted by Crippen LogP contribution is 2.46. The summed E-state index contributed by atoms with van der Waals surface area (Å²) in [5, 5.41) is 7.26. The van der Waals surface area contributed by atoms with Crippen molar-refractivity contribution in [3.8, 4) is 11.1 Å². The second-order valence-corrected chi connectivity index (χ2v) is 12.0. The van der Waals surface area contributed by atoms with Crippen LogP contribution >= 0.6 is 11.3 Å². The molecular weight excluding hydrogens is 543 g/mol. The van der Waals surface area contributed by atoms with Gasteiger partial charge < -0.3 is 9.32 Å². The minimum atomic E-state index is 0.922. The highest BCUT2D eigenvalue weighted by molar-refractivity contribution is 7.26. The molecule has 3 heteroatoms. The second-order valence-electron chi connectivity index (χ2n) is 11.0. The molecule has 9 rings (SSSR count). The fourth-order valence-corrected chi connectivity index (χ4v) is 7.61. The van der Waals surface area contributed by atoms with Crippen LogP contribution in [0.2, 0.25) is 0 Å². The van der Waals surface area contributed by atoms with Crippen molar-refractivity contribution in [2.24, 2.45) is 0 Å². The number of para-hydroxylation sites is 3. The van der Waals surface area contributed by atoms with E-state index in [1.807, 2.05) is 23.5 Å². The number of thiophene rings is 1. The van der Waals surface area contributed by atoms with Crippen molar-refractivity contribution in [3.05, 3.63) is 152 Å². The van der Waals surface area contributed by atoms with Crippen molar-refractivity contribution >= 4 is 81.3 Å². The molecule has 9 aromatic rings. The average Bonchev–Trinajstić information content (AvgIpc) is 3.62. The molecule has 0 unspecified atom stereocenters. The van der Waals surface area contributed by atoms with Gasteiger partial charge in [0.1, 0.15) is 11.2 Å². The van der Waals surface area contributed by atoms with Gasteiger partial charge in [-0.2, -0.15) is 0 Å². The molecule has 0 radical (unpaired) electrons. The summed E-state index contributed by atoms with van der Waals surface area (Å²) in [5.74, 6) is 0. The number of hydrogen-bond acceptors (Lipinski definition) is 3. The van der Waals surface area contributed by atoms with Gasteiger partial charge in [-0.25, -0.2) is 0 Å². The predicted molar refractivity (Wildman–Crippen MR) is 184 cm³/mol. The minimum Gasteiger partial charge on any atom is -0.456 e. The molecule has 0 saturated heterocycles. The number of hydrogen-bond donors (Lipinski definition) is 0. The van der Waals surface area contributed by atoms with Gasteiger partial charge in [0.2, 0.25) is 0 Å². The van der Waals surface area contributed by atoms with E-state index in [9.17, 15) is 0 Å². The lowest BCUT2D eigenvalue weighted by molar-refractivity contribution is 0.669. The number of rotatable bonds is 4. The van der Waals surface area contributed by atoms with E-state index >= 15 is 0 Å². The highest BCUT2D eigenvalue weighted by atomic mass is 32.1. The molecule has 2 aromatic heterocycles. The topological polar surface area (TPSA) is 16.4 Å². The van der Waals surface area contributed by atoms with E-state index < -0.39 is 0 Å². The maximum absolute atomic E-state index is 6.26. The lowest BCUT2D eigenvalue weighted by atomic mass is 9.97. The van der Waals surface area contributed by atoms with Crippen LogP contribution in [0.3, 0.4) is 0 Å². The van der Waals surface area contributed by atoms with Crippen LogP contribution in [0, 0.1) is 0 Å². The average molecular weight is 568 g/mol. The van der Waals surface area contributed by atoms with E-state index in [-0.39, 0.29) is 0 Å². The molecule has 0 bridgehead atoms. The van der Waals surface area contributed by atoms with E-state index in [4.69, 9.17) is 4.42 Å². The first kappa shape index (κ1) is 24.2. The van der Waals surface area contributed by atoms with Crippen LogP contribution in [0.1, 0.15) is 0 Å². The minimum absolute atomic E-state index is 0.922. The van der Waals surface area contributed by atoms with Crippen LogP contribution < -0.4 is 4.90 Å². The standard InChI is InChI=1S/C40H25NOS/c1-3-11-29(12-4-1)41(30-13-5-2-6-14-30)31-24-34(40-36(25-31)33-16-8-10-18-39(33)43-40)27-20-19-26-22-35-32-15-7-9-17-37(32)42-38(35)23-28(26)21-27/h1-25H. The Morgan fingerprint density at radius 2 is 1.14 bits per heavy atom. The molecule has 0 atom stereocenters. The van der Waals surface area contributed by atoms with Gasteiger partial charge >= 0.3 is 0 Å². The van der Waals surface area contributed by atoms with Crippen molar-refractivity contribution in [3.63, 3.8) is 0 Å². The molecule has 7 aromatic carbocycles. The second kappa shape index (κ2) is 9.59. The Hall–Kier alpha value is -5.38. The van der Waals surface area contributed by atoms with Gasteiger partial charge in [0.25, 0.3) is 0 Å². The Morgan fingerprint density at radius 3 is 1.93 bits per heavy atom. The lowest BCUT2D eigenvalue weighted by Crippen LogP contribution is -2.09. The lowest BCUT2D eigenvalue weighted by Gasteiger charge is -2.26. The maximum atomic E-state index is 6.26. The molecule has 0 aliphatic heterocycles. The molecule has 2 nitrogen and oxygen atoms in total. The molecule has 0 N–H and O–H groups in total. The van der Waals surface area contributed by atoms with Crippen molar-refractivity contribution in [2.75, 3.05) is 4.90 Å². The van der Waals surface area contributed by atoms with Crippen molar-refractivity contribution in [2.45, 2.75) is 0 Å². The molecule has 0 saturated carbocycles. The summed E-state index contributed by atoms with van der Waals surface area (Å²) in [5.41, 5.74) is 7.67. The largest absolute Gasteiger partial charge is 0.456 e. The van der Waals surface area contributed by atoms with E-state index in [2.05, 4.69) is 144 Å². The molecule has 0 aliphatic rings. The predicted octanol–water partition coefficient (Wildman–Crippen LogP) is 12.2. The van der Waals surface area contributed by atoms with Gasteiger partial charge in [0.05, 0.1) is 0 Å². The number of nitrogens with zero attached hydrogens (tertiary/aromatic N) is 1. The Morgan fingerprint density at radius 1 is 0.442 bits per heavy atom. The zero-order valence-electron chi connectivity index (χ0n) is 23.2. The van der Waals surface area contributed by atoms with Gasteiger partial charge in [0.15, 0.2) is 0 Å². The fourth-order valence-electron chi connectivity index (χ4n) is 6.39. The summed E-state index contributed by atoms with van der Waals surface area (Å²) in [6, 6.07) is 54.3. The van der Waals surface area contributed by atoms with Crippen molar-refractivity contribution in [1.29, 1.82) is 0 Å². The zero-order valence-corrected chi connectivity index (χ0v) is 24.0. The monoisotopic (exact) mass is 567 g/mol. The highest BCUT2D eigenvalue weighted by Gasteiger charge is 2.19. The smallest absolute Gasteiger partial charge is 0.136 e. The molecule has 0 aliphatic carbocycles. The summed E-state index contributed by atoms with van der Waals surface area (Å²) in [7, 11) is 0. The quantitative estimate of drug-likeness (QED) is 0.210. The van der Waals surface area contributed by atoms with Crippen molar-refractivity contribution < 1.29 is 4.42 Å². The van der Waals surface area contributed by atoms with Gasteiger partial charge in [-0.1, -0.05) is 84.9 Å². The van der Waals surface area contributed by atoms with Crippen LogP contribution in [0.4, 0.5) is 17.1 Å². The van der Waals surface area contributed by atoms with E-state index in [0.29, 0.717) is 0 Å². The number of anilines is 3. The van der Waals surface area contributed by atoms with Crippen molar-refractivity contribution in [1.82, 2.24) is 0 Å². The van der Waals surface area contributed by atoms with Crippen LogP contribution in [-0.2, 0) is 0 Å². The van der Waals surface area contributed by atoms with Crippen LogP contribution in [-0.4, -0.2) is 0 Å². The van der Waals surface area contributed by atoms with E-state index in [1.165, 1.54) is 42.1 Å². The normalized spacial score (nSPS) is 11.7. The SMILES string of the molecule is c1ccc(N(c2ccccc2)c2cc(-c3ccc4cc5c(cc4c3)oc3ccccc35)c3sc4ccccc4c3c2)cc1. The maximum Gasteiger partial charge on any atom is 0.136 e. The first-order valence-electron chi connectivity index (χ1n) is 14.5. The van der Waals surface area contributed by atoms with Gasteiger partial charge in [-0.05, 0) is 83.1 Å². The van der Waals surface area contributed by atoms with Gasteiger partial charge in [-0.3, -0.25) is 0 Å². The molecule has 43 heavy (non-hydrogen) atoms. The molecular formula is C40H25NOS. The Balaban J connectivity index is 1.31. The molecule has 0 fully saturated rings. The molecule has 2 heterocycles. The third-order valence-electron chi connectivity index (χ3n) is 8.40. The Labute approximate surface area is 252 Å². The zero-order chi connectivity index (χ0) is 28.3. The summed E-state index contributed by atoms with van der Waals surface area (Å²) < 4.78 is 8.86. The molecule has 0 amide bonds. The number of furan rings is 1. The summed E-state index contributed by atoms with van der Waals surface area (Å²) in [6.07, 6.45) is 0. The van der Waals surface area contributed by atoms with Crippen LogP contribution in [0.5, 0.6) is 0 Å². The van der Waals surface area contributed by atoms with Gasteiger partial charge in [0, 0.05) is 53.6 Å². The third kappa shape index (κ3) is 3.93. The third-order valence-corrected chi connectivity index (χ3v) is 9.62. The van der Waals surface area contributed by atoms with Gasteiger partial charge in [-0.15, -0.1) is 11.3 Å². The number of fused-ring (bicyclic) bond motifs is 7. The summed E-state index contributed by atoms with van der Waals surface area (Å²) >= 11 is 1.87. The fraction of sp³-hybridized carbons (Fsp3) is 0. The van der Waals surface area contributed by atoms with Crippen LogP contribution in [0.25, 0.3) is 64.0 Å².